The minimum absolute atomic E-state index is 0.00195. The molecule has 1 aliphatic rings. The van der Waals surface area contributed by atoms with Crippen molar-refractivity contribution in [2.45, 2.75) is 19.4 Å². The molecule has 1 fully saturated rings. The first-order chi connectivity index (χ1) is 8.42. The van der Waals surface area contributed by atoms with Gasteiger partial charge in [0.2, 0.25) is 11.1 Å². The molecule has 0 amide bonds. The van der Waals surface area contributed by atoms with Crippen molar-refractivity contribution in [1.82, 2.24) is 9.97 Å². The Hall–Kier alpha value is -1.47. The molecule has 0 atom stereocenters. The zero-order valence-electron chi connectivity index (χ0n) is 10.1. The summed E-state index contributed by atoms with van der Waals surface area (Å²) in [4.78, 5) is 20.0. The number of morpholine rings is 1. The SMILES string of the molecule is CC1(C)COCCN1c1nc(Cl)ncc1[N+](=O)[O-]. The number of halogens is 1. The lowest BCUT2D eigenvalue weighted by molar-refractivity contribution is -0.384. The predicted molar refractivity (Wildman–Crippen MR) is 65.9 cm³/mol. The Morgan fingerprint density at radius 3 is 2.94 bits per heavy atom. The Labute approximate surface area is 109 Å². The number of hydrogen-bond acceptors (Lipinski definition) is 6. The molecule has 2 rings (SSSR count). The quantitative estimate of drug-likeness (QED) is 0.463. The maximum absolute atomic E-state index is 11.0. The molecule has 7 nitrogen and oxygen atoms in total. The molecule has 18 heavy (non-hydrogen) atoms. The second-order valence-electron chi connectivity index (χ2n) is 4.62. The van der Waals surface area contributed by atoms with Crippen molar-refractivity contribution in [3.8, 4) is 0 Å². The molecule has 0 saturated carbocycles. The number of nitrogens with zero attached hydrogens (tertiary/aromatic N) is 4. The number of hydrogen-bond donors (Lipinski definition) is 0. The third-order valence-electron chi connectivity index (χ3n) is 2.82. The van der Waals surface area contributed by atoms with Gasteiger partial charge in [0.05, 0.1) is 23.7 Å². The van der Waals surface area contributed by atoms with Crippen LogP contribution in [0.3, 0.4) is 0 Å². The molecule has 1 aliphatic heterocycles. The smallest absolute Gasteiger partial charge is 0.329 e. The van der Waals surface area contributed by atoms with Crippen molar-refractivity contribution in [3.63, 3.8) is 0 Å². The molecule has 1 aromatic heterocycles. The van der Waals surface area contributed by atoms with Gasteiger partial charge >= 0.3 is 5.69 Å². The van der Waals surface area contributed by atoms with Gasteiger partial charge in [-0.2, -0.15) is 4.98 Å². The normalized spacial score (nSPS) is 18.7. The van der Waals surface area contributed by atoms with E-state index in [1.54, 1.807) is 0 Å². The fourth-order valence-electron chi connectivity index (χ4n) is 1.92. The molecule has 0 aromatic carbocycles. The Morgan fingerprint density at radius 2 is 2.33 bits per heavy atom. The standard InChI is InChI=1S/C10H13ClN4O3/c1-10(2)6-18-4-3-14(10)8-7(15(16)17)5-12-9(11)13-8/h5H,3-4,6H2,1-2H3. The lowest BCUT2D eigenvalue weighted by atomic mass is 10.0. The van der Waals surface area contributed by atoms with Crippen LogP contribution in [0.2, 0.25) is 5.28 Å². The maximum Gasteiger partial charge on any atom is 0.329 e. The molecule has 0 spiro atoms. The topological polar surface area (TPSA) is 81.4 Å². The number of anilines is 1. The van der Waals surface area contributed by atoms with Crippen LogP contribution in [0.25, 0.3) is 0 Å². The van der Waals surface area contributed by atoms with Crippen molar-refractivity contribution in [2.75, 3.05) is 24.7 Å². The van der Waals surface area contributed by atoms with Crippen LogP contribution in [0.1, 0.15) is 13.8 Å². The van der Waals surface area contributed by atoms with E-state index in [1.807, 2.05) is 18.7 Å². The summed E-state index contributed by atoms with van der Waals surface area (Å²) in [5.41, 5.74) is -0.518. The van der Waals surface area contributed by atoms with Gasteiger partial charge in [-0.05, 0) is 25.4 Å². The summed E-state index contributed by atoms with van der Waals surface area (Å²) in [5, 5.41) is 11.0. The van der Waals surface area contributed by atoms with Crippen molar-refractivity contribution in [2.24, 2.45) is 0 Å². The molecule has 0 unspecified atom stereocenters. The summed E-state index contributed by atoms with van der Waals surface area (Å²) in [6.07, 6.45) is 1.14. The highest BCUT2D eigenvalue weighted by atomic mass is 35.5. The number of nitro groups is 1. The molecular formula is C10H13ClN4O3. The summed E-state index contributed by atoms with van der Waals surface area (Å²) in [6, 6.07) is 0. The fourth-order valence-corrected chi connectivity index (χ4v) is 2.05. The van der Waals surface area contributed by atoms with Gasteiger partial charge < -0.3 is 9.64 Å². The van der Waals surface area contributed by atoms with Gasteiger partial charge in [-0.3, -0.25) is 10.1 Å². The molecule has 98 valence electrons. The van der Waals surface area contributed by atoms with E-state index in [9.17, 15) is 10.1 Å². The Kier molecular flexibility index (Phi) is 3.36. The zero-order chi connectivity index (χ0) is 13.3. The van der Waals surface area contributed by atoms with Crippen LogP contribution in [-0.4, -0.2) is 40.2 Å². The zero-order valence-corrected chi connectivity index (χ0v) is 10.8. The first kappa shape index (κ1) is 13.0. The van der Waals surface area contributed by atoms with E-state index in [-0.39, 0.29) is 22.3 Å². The van der Waals surface area contributed by atoms with E-state index >= 15 is 0 Å². The minimum Gasteiger partial charge on any atom is -0.377 e. The van der Waals surface area contributed by atoms with Gasteiger partial charge in [-0.1, -0.05) is 0 Å². The third kappa shape index (κ3) is 2.37. The summed E-state index contributed by atoms with van der Waals surface area (Å²) < 4.78 is 5.38. The summed E-state index contributed by atoms with van der Waals surface area (Å²) in [5.74, 6) is 0.244. The van der Waals surface area contributed by atoms with Gasteiger partial charge in [-0.15, -0.1) is 0 Å². The van der Waals surface area contributed by atoms with E-state index in [0.717, 1.165) is 6.20 Å². The molecule has 8 heteroatoms. The lowest BCUT2D eigenvalue weighted by Gasteiger charge is -2.42. The minimum atomic E-state index is -0.503. The fraction of sp³-hybridized carbons (Fsp3) is 0.600. The summed E-state index contributed by atoms with van der Waals surface area (Å²) >= 11 is 5.73. The molecule has 2 heterocycles. The summed E-state index contributed by atoms with van der Waals surface area (Å²) in [6.45, 7) is 5.38. The van der Waals surface area contributed by atoms with Gasteiger partial charge in [0, 0.05) is 6.54 Å². The van der Waals surface area contributed by atoms with Crippen LogP contribution in [0.4, 0.5) is 11.5 Å². The molecule has 1 aromatic rings. The Balaban J connectivity index is 2.48. The second-order valence-corrected chi connectivity index (χ2v) is 4.96. The van der Waals surface area contributed by atoms with E-state index in [0.29, 0.717) is 19.8 Å². The van der Waals surface area contributed by atoms with Gasteiger partial charge in [0.25, 0.3) is 0 Å². The predicted octanol–water partition coefficient (Wildman–Crippen LogP) is 1.65. The van der Waals surface area contributed by atoms with E-state index in [4.69, 9.17) is 16.3 Å². The Bertz CT molecular complexity index is 480. The van der Waals surface area contributed by atoms with Crippen LogP contribution in [0.5, 0.6) is 0 Å². The molecular weight excluding hydrogens is 260 g/mol. The summed E-state index contributed by atoms with van der Waals surface area (Å²) in [7, 11) is 0. The lowest BCUT2D eigenvalue weighted by Crippen LogP contribution is -2.53. The molecule has 1 saturated heterocycles. The molecule has 0 bridgehead atoms. The third-order valence-corrected chi connectivity index (χ3v) is 3.00. The molecule has 0 N–H and O–H groups in total. The van der Waals surface area contributed by atoms with Crippen LogP contribution >= 0.6 is 11.6 Å². The van der Waals surface area contributed by atoms with E-state index < -0.39 is 4.92 Å². The van der Waals surface area contributed by atoms with Crippen molar-refractivity contribution < 1.29 is 9.66 Å². The highest BCUT2D eigenvalue weighted by Gasteiger charge is 2.36. The Morgan fingerprint density at radius 1 is 1.61 bits per heavy atom. The first-order valence-corrected chi connectivity index (χ1v) is 5.82. The van der Waals surface area contributed by atoms with Crippen LogP contribution in [0.15, 0.2) is 6.20 Å². The van der Waals surface area contributed by atoms with Crippen molar-refractivity contribution >= 4 is 23.1 Å². The van der Waals surface area contributed by atoms with E-state index in [2.05, 4.69) is 9.97 Å². The molecule has 0 aliphatic carbocycles. The van der Waals surface area contributed by atoms with Gasteiger partial charge in [0.1, 0.15) is 6.20 Å². The molecule has 0 radical (unpaired) electrons. The van der Waals surface area contributed by atoms with Gasteiger partial charge in [-0.25, -0.2) is 4.98 Å². The number of aromatic nitrogens is 2. The van der Waals surface area contributed by atoms with Crippen LogP contribution < -0.4 is 4.90 Å². The first-order valence-electron chi connectivity index (χ1n) is 5.44. The van der Waals surface area contributed by atoms with Crippen LogP contribution in [0, 0.1) is 10.1 Å². The highest BCUT2D eigenvalue weighted by Crippen LogP contribution is 2.32. The second kappa shape index (κ2) is 4.66. The number of rotatable bonds is 2. The average Bonchev–Trinajstić information content (AvgIpc) is 2.27. The van der Waals surface area contributed by atoms with Crippen LogP contribution in [-0.2, 0) is 4.74 Å². The van der Waals surface area contributed by atoms with E-state index in [1.165, 1.54) is 0 Å². The van der Waals surface area contributed by atoms with Gasteiger partial charge in [0.15, 0.2) is 0 Å². The highest BCUT2D eigenvalue weighted by molar-refractivity contribution is 6.28. The number of ether oxygens (including phenoxy) is 1. The van der Waals surface area contributed by atoms with Crippen molar-refractivity contribution in [1.29, 1.82) is 0 Å². The average molecular weight is 273 g/mol. The monoisotopic (exact) mass is 272 g/mol. The largest absolute Gasteiger partial charge is 0.377 e. The van der Waals surface area contributed by atoms with Crippen molar-refractivity contribution in [3.05, 3.63) is 21.6 Å². The maximum atomic E-state index is 11.0.